The molecule has 6 nitrogen and oxygen atoms in total. The molecule has 1 aliphatic rings. The number of benzene rings is 2. The number of carbonyl (C=O) groups excluding carboxylic acids is 1. The van der Waals surface area contributed by atoms with Gasteiger partial charge in [-0.2, -0.15) is 5.10 Å². The van der Waals surface area contributed by atoms with Crippen LogP contribution < -0.4 is 16.1 Å². The van der Waals surface area contributed by atoms with Gasteiger partial charge in [0.25, 0.3) is 5.91 Å². The first-order valence-corrected chi connectivity index (χ1v) is 11.6. The van der Waals surface area contributed by atoms with Crippen LogP contribution in [0.15, 0.2) is 64.1 Å². The second-order valence-electron chi connectivity index (χ2n) is 8.43. The Morgan fingerprint density at radius 2 is 1.70 bits per heavy atom. The lowest BCUT2D eigenvalue weighted by Gasteiger charge is -2.14. The molecular formula is C26H28N4O2S. The van der Waals surface area contributed by atoms with Crippen LogP contribution in [0.4, 0.5) is 11.4 Å². The van der Waals surface area contributed by atoms with Gasteiger partial charge >= 0.3 is 0 Å². The van der Waals surface area contributed by atoms with Gasteiger partial charge in [-0.15, -0.1) is 0 Å². The molecule has 1 amide bonds. The molecule has 0 radical (unpaired) electrons. The minimum atomic E-state index is -0.257. The number of thiocarbonyl (C=S) groups is 1. The van der Waals surface area contributed by atoms with Crippen molar-refractivity contribution in [3.8, 4) is 0 Å². The van der Waals surface area contributed by atoms with Gasteiger partial charge in [-0.25, -0.2) is 0 Å². The van der Waals surface area contributed by atoms with Crippen molar-refractivity contribution in [3.05, 3.63) is 82.8 Å². The fourth-order valence-corrected chi connectivity index (χ4v) is 4.10. The fraction of sp³-hybridized carbons (Fsp3) is 0.269. The molecule has 2 aromatic carbocycles. The Bertz CT molecular complexity index is 1180. The lowest BCUT2D eigenvalue weighted by Crippen LogP contribution is -2.26. The summed E-state index contributed by atoms with van der Waals surface area (Å²) in [6.45, 7) is 6.19. The molecule has 1 heterocycles. The first kappa shape index (κ1) is 22.7. The summed E-state index contributed by atoms with van der Waals surface area (Å²) in [5.41, 5.74) is 8.32. The highest BCUT2D eigenvalue weighted by Crippen LogP contribution is 2.30. The molecule has 0 saturated carbocycles. The number of aryl methyl sites for hydroxylation is 1. The van der Waals surface area contributed by atoms with E-state index in [1.165, 1.54) is 5.56 Å². The van der Waals surface area contributed by atoms with Crippen LogP contribution >= 0.6 is 12.2 Å². The lowest BCUT2D eigenvalue weighted by molar-refractivity contribution is 0.0994. The summed E-state index contributed by atoms with van der Waals surface area (Å²) in [7, 11) is 0. The third-order valence-electron chi connectivity index (χ3n) is 5.69. The van der Waals surface area contributed by atoms with Crippen molar-refractivity contribution in [2.45, 2.75) is 46.0 Å². The predicted octanol–water partition coefficient (Wildman–Crippen LogP) is 5.99. The zero-order valence-corrected chi connectivity index (χ0v) is 19.9. The van der Waals surface area contributed by atoms with Crippen LogP contribution in [0.5, 0.6) is 0 Å². The van der Waals surface area contributed by atoms with Crippen molar-refractivity contribution in [2.24, 2.45) is 5.10 Å². The molecule has 3 N–H and O–H groups in total. The summed E-state index contributed by atoms with van der Waals surface area (Å²) in [4.78, 5) is 13.0. The van der Waals surface area contributed by atoms with E-state index in [1.54, 1.807) is 0 Å². The average Bonchev–Trinajstić information content (AvgIpc) is 3.16. The molecule has 0 spiro atoms. The Morgan fingerprint density at radius 1 is 1.00 bits per heavy atom. The van der Waals surface area contributed by atoms with E-state index in [9.17, 15) is 4.79 Å². The summed E-state index contributed by atoms with van der Waals surface area (Å²) in [5.74, 6) is 1.30. The molecule has 1 aromatic heterocycles. The van der Waals surface area contributed by atoms with Crippen LogP contribution in [0.25, 0.3) is 0 Å². The summed E-state index contributed by atoms with van der Waals surface area (Å²) in [5, 5.41) is 11.0. The van der Waals surface area contributed by atoms with E-state index >= 15 is 0 Å². The van der Waals surface area contributed by atoms with E-state index in [0.717, 1.165) is 53.2 Å². The van der Waals surface area contributed by atoms with Crippen molar-refractivity contribution in [2.75, 3.05) is 10.6 Å². The second kappa shape index (κ2) is 10.0. The molecule has 33 heavy (non-hydrogen) atoms. The van der Waals surface area contributed by atoms with Crippen LogP contribution in [0.1, 0.15) is 65.6 Å². The van der Waals surface area contributed by atoms with E-state index < -0.39 is 0 Å². The highest BCUT2D eigenvalue weighted by atomic mass is 32.1. The third-order valence-corrected chi connectivity index (χ3v) is 5.88. The number of carbonyl (C=O) groups is 1. The molecule has 3 aromatic rings. The highest BCUT2D eigenvalue weighted by molar-refractivity contribution is 7.80. The number of hydrazone groups is 1. The zero-order valence-electron chi connectivity index (χ0n) is 19.1. The minimum Gasteiger partial charge on any atom is -0.455 e. The maximum Gasteiger partial charge on any atom is 0.291 e. The van der Waals surface area contributed by atoms with Gasteiger partial charge in [-0.3, -0.25) is 10.2 Å². The molecule has 7 heteroatoms. The topological polar surface area (TPSA) is 78.7 Å². The largest absolute Gasteiger partial charge is 0.455 e. The number of hydrogen-bond donors (Lipinski definition) is 3. The van der Waals surface area contributed by atoms with Crippen molar-refractivity contribution >= 4 is 40.3 Å². The van der Waals surface area contributed by atoms with Crippen molar-refractivity contribution in [1.29, 1.82) is 0 Å². The number of nitrogens with one attached hydrogen (secondary N) is 3. The van der Waals surface area contributed by atoms with Gasteiger partial charge in [0.15, 0.2) is 10.9 Å². The molecule has 0 aliphatic heterocycles. The van der Waals surface area contributed by atoms with Gasteiger partial charge in [0, 0.05) is 28.9 Å². The third kappa shape index (κ3) is 5.31. The number of hydrogen-bond acceptors (Lipinski definition) is 4. The Hall–Kier alpha value is -3.45. The first-order chi connectivity index (χ1) is 15.9. The number of nitrogens with zero attached hydrogens (tertiary/aromatic N) is 1. The van der Waals surface area contributed by atoms with E-state index in [1.807, 2.05) is 61.5 Å². The molecule has 0 fully saturated rings. The second-order valence-corrected chi connectivity index (χ2v) is 8.84. The van der Waals surface area contributed by atoms with Crippen LogP contribution in [-0.2, 0) is 6.42 Å². The Kier molecular flexibility index (Phi) is 6.89. The molecule has 1 aliphatic carbocycles. The highest BCUT2D eigenvalue weighted by Gasteiger charge is 2.28. The molecule has 0 atom stereocenters. The molecule has 0 unspecified atom stereocenters. The Labute approximate surface area is 199 Å². The fourth-order valence-electron chi connectivity index (χ4n) is 3.93. The summed E-state index contributed by atoms with van der Waals surface area (Å²) in [6.07, 6.45) is 2.46. The van der Waals surface area contributed by atoms with Crippen molar-refractivity contribution < 1.29 is 9.21 Å². The lowest BCUT2D eigenvalue weighted by atomic mass is 9.93. The van der Waals surface area contributed by atoms with Gasteiger partial charge in [-0.1, -0.05) is 44.2 Å². The van der Waals surface area contributed by atoms with E-state index in [0.29, 0.717) is 16.8 Å². The Morgan fingerprint density at radius 3 is 2.39 bits per heavy atom. The van der Waals surface area contributed by atoms with E-state index in [-0.39, 0.29) is 5.91 Å². The average molecular weight is 461 g/mol. The van der Waals surface area contributed by atoms with Gasteiger partial charge in [0.05, 0.1) is 5.71 Å². The number of anilines is 2. The SMILES string of the molecule is Cc1c(C(=O)Nc2ccc(C(C)C)cc2)oc2c1/C(=N/NC(=S)Nc1ccccc1)CCC2. The monoisotopic (exact) mass is 460 g/mol. The van der Waals surface area contributed by atoms with Crippen molar-refractivity contribution in [1.82, 2.24) is 5.43 Å². The molecular weight excluding hydrogens is 432 g/mol. The Balaban J connectivity index is 1.49. The standard InChI is InChI=1S/C26H28N4O2S/c1-16(2)18-12-14-20(15-13-18)27-25(31)24-17(3)23-21(10-7-11-22(23)32-24)29-30-26(33)28-19-8-5-4-6-9-19/h4-6,8-9,12-16H,7,10-11H2,1-3H3,(H,27,31)(H2,28,30,33)/b29-21+. The maximum atomic E-state index is 13.0. The van der Waals surface area contributed by atoms with Crippen LogP contribution in [0, 0.1) is 6.92 Å². The minimum absolute atomic E-state index is 0.257. The molecule has 170 valence electrons. The first-order valence-electron chi connectivity index (χ1n) is 11.1. The van der Waals surface area contributed by atoms with E-state index in [4.69, 9.17) is 16.6 Å². The van der Waals surface area contributed by atoms with Gasteiger partial charge in [0.1, 0.15) is 5.76 Å². The predicted molar refractivity (Wildman–Crippen MR) is 137 cm³/mol. The number of furan rings is 1. The number of amides is 1. The smallest absolute Gasteiger partial charge is 0.291 e. The molecule has 0 saturated heterocycles. The molecule has 4 rings (SSSR count). The maximum absolute atomic E-state index is 13.0. The van der Waals surface area contributed by atoms with Gasteiger partial charge < -0.3 is 15.1 Å². The summed E-state index contributed by atoms with van der Waals surface area (Å²) >= 11 is 5.36. The number of fused-ring (bicyclic) bond motifs is 1. The summed E-state index contributed by atoms with van der Waals surface area (Å²) in [6, 6.07) is 17.6. The molecule has 0 bridgehead atoms. The summed E-state index contributed by atoms with van der Waals surface area (Å²) < 4.78 is 6.00. The van der Waals surface area contributed by atoms with Crippen LogP contribution in [0.2, 0.25) is 0 Å². The zero-order chi connectivity index (χ0) is 23.4. The van der Waals surface area contributed by atoms with Crippen molar-refractivity contribution in [3.63, 3.8) is 0 Å². The van der Waals surface area contributed by atoms with Gasteiger partial charge in [-0.05, 0) is 67.7 Å². The van der Waals surface area contributed by atoms with Crippen LogP contribution in [-0.4, -0.2) is 16.7 Å². The van der Waals surface area contributed by atoms with Crippen LogP contribution in [0.3, 0.4) is 0 Å². The normalized spacial score (nSPS) is 14.1. The van der Waals surface area contributed by atoms with E-state index in [2.05, 4.69) is 35.0 Å². The number of para-hydroxylation sites is 1. The number of rotatable bonds is 5. The van der Waals surface area contributed by atoms with Gasteiger partial charge in [0.2, 0.25) is 0 Å². The quantitative estimate of drug-likeness (QED) is 0.322.